The first kappa shape index (κ1) is 19.4. The number of carbonyl (C=O) groups is 1. The van der Waals surface area contributed by atoms with Gasteiger partial charge in [0.2, 0.25) is 0 Å². The van der Waals surface area contributed by atoms with E-state index in [0.717, 1.165) is 28.2 Å². The second kappa shape index (κ2) is 8.18. The summed E-state index contributed by atoms with van der Waals surface area (Å²) in [5.41, 5.74) is 2.76. The van der Waals surface area contributed by atoms with E-state index in [4.69, 9.17) is 11.6 Å². The van der Waals surface area contributed by atoms with Crippen molar-refractivity contribution in [2.45, 2.75) is 19.9 Å². The van der Waals surface area contributed by atoms with Crippen molar-refractivity contribution >= 4 is 39.7 Å². The minimum Gasteiger partial charge on any atom is -0.320 e. The molecule has 0 aliphatic heterocycles. The Balaban J connectivity index is 1.42. The highest BCUT2D eigenvalue weighted by Gasteiger charge is 2.16. The van der Waals surface area contributed by atoms with Gasteiger partial charge >= 0.3 is 6.03 Å². The quantitative estimate of drug-likeness (QED) is 0.513. The van der Waals surface area contributed by atoms with E-state index in [9.17, 15) is 4.79 Å². The van der Waals surface area contributed by atoms with Crippen molar-refractivity contribution in [2.75, 3.05) is 12.4 Å². The number of thiazole rings is 1. The molecule has 7 nitrogen and oxygen atoms in total. The number of urea groups is 1. The zero-order valence-electron chi connectivity index (χ0n) is 16.0. The molecule has 0 fully saturated rings. The third-order valence-corrected chi connectivity index (χ3v) is 5.78. The van der Waals surface area contributed by atoms with Gasteiger partial charge in [-0.15, -0.1) is 21.5 Å². The summed E-state index contributed by atoms with van der Waals surface area (Å²) in [6.45, 7) is 2.27. The van der Waals surface area contributed by atoms with Gasteiger partial charge in [-0.2, -0.15) is 0 Å². The maximum absolute atomic E-state index is 12.6. The van der Waals surface area contributed by atoms with Crippen LogP contribution in [0.2, 0.25) is 5.02 Å². The Morgan fingerprint density at radius 3 is 2.93 bits per heavy atom. The maximum Gasteiger partial charge on any atom is 0.323 e. The van der Waals surface area contributed by atoms with Crippen LogP contribution in [0.4, 0.5) is 9.93 Å². The fourth-order valence-corrected chi connectivity index (χ4v) is 4.15. The van der Waals surface area contributed by atoms with Crippen LogP contribution in [-0.4, -0.2) is 37.6 Å². The molecule has 4 rings (SSSR count). The number of nitrogens with one attached hydrogen (secondary N) is 1. The molecule has 3 heterocycles. The van der Waals surface area contributed by atoms with Crippen molar-refractivity contribution in [3.63, 3.8) is 0 Å². The van der Waals surface area contributed by atoms with E-state index < -0.39 is 0 Å². The Morgan fingerprint density at radius 1 is 1.24 bits per heavy atom. The lowest BCUT2D eigenvalue weighted by molar-refractivity contribution is 0.219. The summed E-state index contributed by atoms with van der Waals surface area (Å²) >= 11 is 7.54. The van der Waals surface area contributed by atoms with Gasteiger partial charge in [0.15, 0.2) is 16.6 Å². The number of amides is 2. The Labute approximate surface area is 177 Å². The van der Waals surface area contributed by atoms with Crippen molar-refractivity contribution in [1.29, 1.82) is 0 Å². The summed E-state index contributed by atoms with van der Waals surface area (Å²) in [6.07, 6.45) is 2.60. The van der Waals surface area contributed by atoms with Crippen LogP contribution >= 0.6 is 22.9 Å². The minimum atomic E-state index is -0.249. The zero-order chi connectivity index (χ0) is 20.4. The van der Waals surface area contributed by atoms with Crippen molar-refractivity contribution in [2.24, 2.45) is 0 Å². The number of hydrogen-bond donors (Lipinski definition) is 1. The van der Waals surface area contributed by atoms with Crippen LogP contribution in [0.5, 0.6) is 0 Å². The highest BCUT2D eigenvalue weighted by atomic mass is 35.5. The molecule has 0 saturated heterocycles. The number of benzene rings is 1. The SMILES string of the molecule is Cc1nc(NC(=O)N(C)Cc2nnc3ccccn23)sc1Cc1cccc(Cl)c1. The molecular weight excluding hydrogens is 408 g/mol. The Morgan fingerprint density at radius 2 is 2.10 bits per heavy atom. The van der Waals surface area contributed by atoms with Crippen LogP contribution in [0.15, 0.2) is 48.7 Å². The first-order chi connectivity index (χ1) is 14.0. The van der Waals surface area contributed by atoms with Crippen LogP contribution < -0.4 is 5.32 Å². The number of pyridine rings is 1. The van der Waals surface area contributed by atoms with Gasteiger partial charge in [-0.1, -0.05) is 29.8 Å². The highest BCUT2D eigenvalue weighted by Crippen LogP contribution is 2.26. The highest BCUT2D eigenvalue weighted by molar-refractivity contribution is 7.15. The Bertz CT molecular complexity index is 1170. The molecule has 4 aromatic rings. The monoisotopic (exact) mass is 426 g/mol. The number of carbonyl (C=O) groups excluding carboxylic acids is 1. The van der Waals surface area contributed by atoms with E-state index in [2.05, 4.69) is 20.5 Å². The van der Waals surface area contributed by atoms with Gasteiger partial charge in [0.1, 0.15) is 0 Å². The van der Waals surface area contributed by atoms with Crippen molar-refractivity contribution in [3.8, 4) is 0 Å². The summed E-state index contributed by atoms with van der Waals surface area (Å²) < 4.78 is 1.86. The number of hydrogen-bond acceptors (Lipinski definition) is 5. The number of rotatable bonds is 5. The molecule has 148 valence electrons. The van der Waals surface area contributed by atoms with E-state index in [1.807, 2.05) is 60.0 Å². The third kappa shape index (κ3) is 4.38. The molecule has 0 radical (unpaired) electrons. The van der Waals surface area contributed by atoms with E-state index in [-0.39, 0.29) is 6.03 Å². The summed E-state index contributed by atoms with van der Waals surface area (Å²) in [5, 5.41) is 12.4. The van der Waals surface area contributed by atoms with E-state index in [1.165, 1.54) is 11.3 Å². The fourth-order valence-electron chi connectivity index (χ4n) is 2.95. The molecule has 0 aliphatic carbocycles. The number of halogens is 1. The average Bonchev–Trinajstić information content (AvgIpc) is 3.25. The largest absolute Gasteiger partial charge is 0.323 e. The normalized spacial score (nSPS) is 11.0. The summed E-state index contributed by atoms with van der Waals surface area (Å²) in [6, 6.07) is 13.2. The van der Waals surface area contributed by atoms with Crippen molar-refractivity contribution in [3.05, 3.63) is 75.6 Å². The van der Waals surface area contributed by atoms with Crippen LogP contribution in [0.1, 0.15) is 22.0 Å². The van der Waals surface area contributed by atoms with Gasteiger partial charge in [-0.25, -0.2) is 9.78 Å². The summed E-state index contributed by atoms with van der Waals surface area (Å²) in [7, 11) is 1.71. The van der Waals surface area contributed by atoms with Crippen LogP contribution in [0, 0.1) is 6.92 Å². The van der Waals surface area contributed by atoms with Crippen LogP contribution in [0.3, 0.4) is 0 Å². The topological polar surface area (TPSA) is 75.4 Å². The molecular formula is C20H19ClN6OS. The number of fused-ring (bicyclic) bond motifs is 1. The van der Waals surface area contributed by atoms with E-state index >= 15 is 0 Å². The van der Waals surface area contributed by atoms with E-state index in [0.29, 0.717) is 22.5 Å². The van der Waals surface area contributed by atoms with Gasteiger partial charge in [0.05, 0.1) is 12.2 Å². The maximum atomic E-state index is 12.6. The van der Waals surface area contributed by atoms with Gasteiger partial charge in [0, 0.05) is 29.6 Å². The van der Waals surface area contributed by atoms with E-state index in [1.54, 1.807) is 11.9 Å². The average molecular weight is 427 g/mol. The molecule has 29 heavy (non-hydrogen) atoms. The molecule has 3 aromatic heterocycles. The number of aromatic nitrogens is 4. The first-order valence-corrected chi connectivity index (χ1v) is 10.2. The molecule has 0 unspecified atom stereocenters. The predicted molar refractivity (Wildman–Crippen MR) is 115 cm³/mol. The standard InChI is InChI=1S/C20H19ClN6OS/c1-13-16(11-14-6-5-7-15(21)10-14)29-19(22-13)23-20(28)26(2)12-18-25-24-17-8-3-4-9-27(17)18/h3-10H,11-12H2,1-2H3,(H,22,23,28). The zero-order valence-corrected chi connectivity index (χ0v) is 17.5. The predicted octanol–water partition coefficient (Wildman–Crippen LogP) is 4.40. The minimum absolute atomic E-state index is 0.249. The second-order valence-electron chi connectivity index (χ2n) is 6.67. The molecule has 0 spiro atoms. The van der Waals surface area contributed by atoms with Gasteiger partial charge in [-0.05, 0) is 36.8 Å². The van der Waals surface area contributed by atoms with Gasteiger partial charge < -0.3 is 4.90 Å². The molecule has 0 atom stereocenters. The number of nitrogens with zero attached hydrogens (tertiary/aromatic N) is 5. The van der Waals surface area contributed by atoms with Gasteiger partial charge in [-0.3, -0.25) is 9.72 Å². The molecule has 1 aromatic carbocycles. The lowest BCUT2D eigenvalue weighted by atomic mass is 10.1. The molecule has 0 saturated carbocycles. The van der Waals surface area contributed by atoms with Crippen LogP contribution in [-0.2, 0) is 13.0 Å². The molecule has 0 bridgehead atoms. The fraction of sp³-hybridized carbons (Fsp3) is 0.200. The summed E-state index contributed by atoms with van der Waals surface area (Å²) in [4.78, 5) is 19.7. The second-order valence-corrected chi connectivity index (χ2v) is 8.19. The molecule has 2 amide bonds. The lowest BCUT2D eigenvalue weighted by Crippen LogP contribution is -2.31. The third-order valence-electron chi connectivity index (χ3n) is 4.47. The lowest BCUT2D eigenvalue weighted by Gasteiger charge is -2.15. The molecule has 1 N–H and O–H groups in total. The molecule has 0 aliphatic rings. The number of anilines is 1. The van der Waals surface area contributed by atoms with Gasteiger partial charge in [0.25, 0.3) is 0 Å². The number of aryl methyl sites for hydroxylation is 1. The molecule has 9 heteroatoms. The Kier molecular flexibility index (Phi) is 5.46. The smallest absolute Gasteiger partial charge is 0.320 e. The first-order valence-electron chi connectivity index (χ1n) is 9.01. The summed E-state index contributed by atoms with van der Waals surface area (Å²) in [5.74, 6) is 0.690. The van der Waals surface area contributed by atoms with Crippen molar-refractivity contribution in [1.82, 2.24) is 24.5 Å². The van der Waals surface area contributed by atoms with Crippen LogP contribution in [0.25, 0.3) is 5.65 Å². The van der Waals surface area contributed by atoms with Crippen molar-refractivity contribution < 1.29 is 4.79 Å². The Hall–Kier alpha value is -2.97.